The summed E-state index contributed by atoms with van der Waals surface area (Å²) in [5.74, 6) is -3.01. The van der Waals surface area contributed by atoms with E-state index in [0.717, 1.165) is 121 Å². The number of hydrogen-bond acceptors (Lipinski definition) is 2. The fraction of sp³-hybridized carbons (Fsp3) is 0.0513. The van der Waals surface area contributed by atoms with E-state index in [1.807, 2.05) is 142 Å². The normalized spacial score (nSPS) is 11.8. The van der Waals surface area contributed by atoms with Gasteiger partial charge in [-0.3, -0.25) is 0 Å². The van der Waals surface area contributed by atoms with E-state index in [0.29, 0.717) is 28.3 Å². The van der Waals surface area contributed by atoms with E-state index in [2.05, 4.69) is 73.7 Å². The van der Waals surface area contributed by atoms with Crippen LogP contribution in [0.3, 0.4) is 0 Å². The van der Waals surface area contributed by atoms with Crippen molar-refractivity contribution in [2.24, 2.45) is 0 Å². The van der Waals surface area contributed by atoms with Crippen molar-refractivity contribution in [1.82, 2.24) is 18.3 Å². The molecule has 4 heterocycles. The zero-order chi connectivity index (χ0) is 60.0. The molecule has 0 unspecified atom stereocenters. The summed E-state index contributed by atoms with van der Waals surface area (Å²) in [6, 6.07) is 72.3. The maximum absolute atomic E-state index is 16.8. The molecule has 16 aromatic rings. The lowest BCUT2D eigenvalue weighted by Crippen LogP contribution is -2.05. The van der Waals surface area contributed by atoms with Crippen molar-refractivity contribution in [3.05, 3.63) is 275 Å². The lowest BCUT2D eigenvalue weighted by atomic mass is 9.90. The van der Waals surface area contributed by atoms with Crippen LogP contribution < -0.4 is 0 Å². The summed E-state index contributed by atoms with van der Waals surface area (Å²) in [6.45, 7) is 8.14. The van der Waals surface area contributed by atoms with E-state index in [-0.39, 0.29) is 27.8 Å². The number of nitriles is 2. The first kappa shape index (κ1) is 52.1. The molecule has 88 heavy (non-hydrogen) atoms. The predicted molar refractivity (Wildman–Crippen MR) is 348 cm³/mol. The van der Waals surface area contributed by atoms with Crippen LogP contribution in [0.4, 0.5) is 17.6 Å². The van der Waals surface area contributed by atoms with Crippen molar-refractivity contribution < 1.29 is 17.6 Å². The molecule has 0 saturated carbocycles. The number of aromatic nitrogens is 4. The zero-order valence-corrected chi connectivity index (χ0v) is 48.0. The fourth-order valence-corrected chi connectivity index (χ4v) is 14.1. The molecule has 0 fully saturated rings. The molecule has 0 spiro atoms. The van der Waals surface area contributed by atoms with E-state index in [1.54, 1.807) is 24.3 Å². The first-order chi connectivity index (χ1) is 42.9. The van der Waals surface area contributed by atoms with E-state index in [4.69, 9.17) is 0 Å². The van der Waals surface area contributed by atoms with E-state index < -0.39 is 23.3 Å². The number of aryl methyl sites for hydroxylation is 4. The monoisotopic (exact) mass is 1140 g/mol. The summed E-state index contributed by atoms with van der Waals surface area (Å²) in [6.07, 6.45) is 0. The third-order valence-electron chi connectivity index (χ3n) is 17.8. The van der Waals surface area contributed by atoms with Crippen LogP contribution in [0.5, 0.6) is 0 Å². The second-order valence-electron chi connectivity index (χ2n) is 23.0. The quantitative estimate of drug-likeness (QED) is 0.149. The van der Waals surface area contributed by atoms with Crippen molar-refractivity contribution >= 4 is 87.2 Å². The van der Waals surface area contributed by atoms with Crippen LogP contribution in [-0.4, -0.2) is 18.3 Å². The number of halogens is 4. The first-order valence-corrected chi connectivity index (χ1v) is 29.0. The van der Waals surface area contributed by atoms with Gasteiger partial charge < -0.3 is 18.3 Å². The highest BCUT2D eigenvalue weighted by Crippen LogP contribution is 2.49. The zero-order valence-electron chi connectivity index (χ0n) is 48.0. The molecule has 0 aliphatic heterocycles. The van der Waals surface area contributed by atoms with Crippen molar-refractivity contribution in [1.29, 1.82) is 10.5 Å². The summed E-state index contributed by atoms with van der Waals surface area (Å²) >= 11 is 0. The summed E-state index contributed by atoms with van der Waals surface area (Å²) in [7, 11) is 0. The van der Waals surface area contributed by atoms with Gasteiger partial charge in [-0.05, 0) is 159 Å². The molecule has 0 bridgehead atoms. The predicted octanol–water partition coefficient (Wildman–Crippen LogP) is 20.6. The lowest BCUT2D eigenvalue weighted by Gasteiger charge is -2.20. The van der Waals surface area contributed by atoms with E-state index in [9.17, 15) is 10.5 Å². The Hall–Kier alpha value is -11.5. The highest BCUT2D eigenvalue weighted by Gasteiger charge is 2.30. The van der Waals surface area contributed by atoms with Gasteiger partial charge in [-0.25, -0.2) is 17.6 Å². The summed E-state index contributed by atoms with van der Waals surface area (Å²) in [5.41, 5.74) is 14.3. The SMILES string of the molecule is Cc1ccc2c(c1)c1ccccc1n2-c1cc(C#N)c(-n2c3ccccc3c3c(-c4cc(C)cc5c4c4ccccc4n5-c4cc(C#N)c(-n5c6ccccc6c6ccc(C)cc65)cc4-c4c(F)cccc4F)c(C)ccc32)cc1-c1c(F)cccc1F. The molecular weight excluding hydrogens is 1100 g/mol. The number of hydrogen-bond donors (Lipinski definition) is 0. The number of benzene rings is 12. The van der Waals surface area contributed by atoms with Crippen LogP contribution in [0.2, 0.25) is 0 Å². The summed E-state index contributed by atoms with van der Waals surface area (Å²) in [5, 5.41) is 30.2. The first-order valence-electron chi connectivity index (χ1n) is 29.0. The molecule has 0 aliphatic carbocycles. The van der Waals surface area contributed by atoms with Gasteiger partial charge in [0.1, 0.15) is 35.4 Å². The number of para-hydroxylation sites is 4. The van der Waals surface area contributed by atoms with Crippen LogP contribution in [0, 0.1) is 73.6 Å². The van der Waals surface area contributed by atoms with Crippen LogP contribution in [0.25, 0.3) is 143 Å². The number of rotatable bonds is 7. The third-order valence-corrected chi connectivity index (χ3v) is 17.8. The van der Waals surface area contributed by atoms with Crippen molar-refractivity contribution in [2.75, 3.05) is 0 Å². The van der Waals surface area contributed by atoms with Gasteiger partial charge in [0.05, 0.1) is 89.1 Å². The number of fused-ring (bicyclic) bond motifs is 12. The smallest absolute Gasteiger partial charge is 0.134 e. The van der Waals surface area contributed by atoms with Gasteiger partial charge in [0.25, 0.3) is 0 Å². The summed E-state index contributed by atoms with van der Waals surface area (Å²) in [4.78, 5) is 0. The molecule has 0 N–H and O–H groups in total. The lowest BCUT2D eigenvalue weighted by molar-refractivity contribution is 0.588. The third kappa shape index (κ3) is 7.52. The molecular formula is C78H48F4N6. The van der Waals surface area contributed by atoms with E-state index in [1.165, 1.54) is 36.4 Å². The molecule has 0 aliphatic rings. The van der Waals surface area contributed by atoms with E-state index >= 15 is 17.6 Å². The van der Waals surface area contributed by atoms with Gasteiger partial charge in [0.2, 0.25) is 0 Å². The largest absolute Gasteiger partial charge is 0.309 e. The maximum Gasteiger partial charge on any atom is 0.134 e. The molecule has 0 saturated heterocycles. The molecule has 418 valence electrons. The topological polar surface area (TPSA) is 67.3 Å². The Balaban J connectivity index is 0.985. The molecule has 0 atom stereocenters. The maximum atomic E-state index is 16.8. The fourth-order valence-electron chi connectivity index (χ4n) is 14.1. The molecule has 10 heteroatoms. The van der Waals surface area contributed by atoms with Gasteiger partial charge >= 0.3 is 0 Å². The minimum absolute atomic E-state index is 0.226. The van der Waals surface area contributed by atoms with Gasteiger partial charge in [-0.15, -0.1) is 0 Å². The molecule has 0 amide bonds. The molecule has 12 aromatic carbocycles. The molecule has 6 nitrogen and oxygen atoms in total. The molecule has 4 aromatic heterocycles. The Kier molecular flexibility index (Phi) is 11.6. The minimum Gasteiger partial charge on any atom is -0.309 e. The van der Waals surface area contributed by atoms with Crippen molar-refractivity contribution in [2.45, 2.75) is 27.7 Å². The van der Waals surface area contributed by atoms with Crippen LogP contribution in [0.15, 0.2) is 218 Å². The van der Waals surface area contributed by atoms with Crippen LogP contribution in [0.1, 0.15) is 33.4 Å². The summed E-state index contributed by atoms with van der Waals surface area (Å²) < 4.78 is 75.1. The Labute approximate surface area is 502 Å². The highest BCUT2D eigenvalue weighted by molar-refractivity contribution is 6.23. The average molecular weight is 1150 g/mol. The van der Waals surface area contributed by atoms with Gasteiger partial charge in [-0.1, -0.05) is 121 Å². The second-order valence-corrected chi connectivity index (χ2v) is 23.0. The van der Waals surface area contributed by atoms with Gasteiger partial charge in [0.15, 0.2) is 0 Å². The van der Waals surface area contributed by atoms with Crippen molar-refractivity contribution in [3.63, 3.8) is 0 Å². The van der Waals surface area contributed by atoms with Crippen LogP contribution >= 0.6 is 0 Å². The Morgan fingerprint density at radius 3 is 1.25 bits per heavy atom. The standard InChI is InChI=1S/C78H48F4N6/c1-43-28-31-66-54(33-43)50-16-6-10-24-63(50)85(66)71-37-47(41-83)68(39-55(71)76-58(79)19-13-20-59(76)80)86-65-26-12-8-18-53(65)78-67(86)32-29-46(4)74(78)57-34-45(3)36-73-75(57)52-17-7-11-25-64(52)88(73)72-38-48(42-84)69(40-56(72)77-60(81)21-14-22-61(77)82)87-62-23-9-5-15-49(62)51-30-27-44(2)35-70(51)87/h5-40H,1-4H3. The van der Waals surface area contributed by atoms with Crippen LogP contribution in [-0.2, 0) is 0 Å². The Morgan fingerprint density at radius 1 is 0.284 bits per heavy atom. The second kappa shape index (κ2) is 19.5. The Bertz CT molecular complexity index is 5800. The highest BCUT2D eigenvalue weighted by atomic mass is 19.1. The number of nitrogens with zero attached hydrogens (tertiary/aromatic N) is 6. The molecule has 16 rings (SSSR count). The Morgan fingerprint density at radius 2 is 0.693 bits per heavy atom. The van der Waals surface area contributed by atoms with Crippen molar-refractivity contribution in [3.8, 4) is 68.3 Å². The van der Waals surface area contributed by atoms with Gasteiger partial charge in [-0.2, -0.15) is 10.5 Å². The minimum atomic E-state index is -0.756. The van der Waals surface area contributed by atoms with Gasteiger partial charge in [0, 0.05) is 54.2 Å². The average Bonchev–Trinajstić information content (AvgIpc) is 1.58. The molecule has 0 radical (unpaired) electrons.